The standard InChI is InChI=1S/C21H23N5O3/c1-28-9-10-29-16-4-2-3-15(11-16)13-26-8-5-17-19(14-26)24-20(25-21(17)27)18-12-22-6-7-23-18/h2-4,6-7,11-12H,5,8-10,13-14H2,1H3,(H,24,25,27). The molecule has 0 saturated heterocycles. The molecule has 1 aliphatic rings. The SMILES string of the molecule is COCCOc1cccc(CN2CCc3c(nc(-c4cnccn4)[nH]c3=O)C2)c1. The molecule has 0 amide bonds. The van der Waals surface area contributed by atoms with E-state index in [2.05, 4.69) is 30.9 Å². The van der Waals surface area contributed by atoms with Crippen LogP contribution in [0.4, 0.5) is 0 Å². The minimum absolute atomic E-state index is 0.0937. The van der Waals surface area contributed by atoms with Crippen molar-refractivity contribution in [2.24, 2.45) is 0 Å². The van der Waals surface area contributed by atoms with E-state index < -0.39 is 0 Å². The largest absolute Gasteiger partial charge is 0.491 e. The molecule has 0 unspecified atom stereocenters. The first-order chi connectivity index (χ1) is 14.2. The number of ether oxygens (including phenoxy) is 2. The summed E-state index contributed by atoms with van der Waals surface area (Å²) in [5.74, 6) is 1.29. The lowest BCUT2D eigenvalue weighted by Gasteiger charge is -2.27. The number of nitrogens with one attached hydrogen (secondary N) is 1. The Kier molecular flexibility index (Phi) is 5.92. The summed E-state index contributed by atoms with van der Waals surface area (Å²) < 4.78 is 10.7. The van der Waals surface area contributed by atoms with E-state index in [1.54, 1.807) is 25.7 Å². The maximum Gasteiger partial charge on any atom is 0.254 e. The van der Waals surface area contributed by atoms with Crippen molar-refractivity contribution in [1.82, 2.24) is 24.8 Å². The van der Waals surface area contributed by atoms with Gasteiger partial charge >= 0.3 is 0 Å². The first-order valence-electron chi connectivity index (χ1n) is 9.54. The number of fused-ring (bicyclic) bond motifs is 1. The highest BCUT2D eigenvalue weighted by Gasteiger charge is 2.22. The average Bonchev–Trinajstić information content (AvgIpc) is 2.75. The highest BCUT2D eigenvalue weighted by Crippen LogP contribution is 2.20. The zero-order valence-corrected chi connectivity index (χ0v) is 16.3. The molecule has 1 aromatic carbocycles. The van der Waals surface area contributed by atoms with Crippen molar-refractivity contribution in [2.45, 2.75) is 19.5 Å². The number of hydrogen-bond acceptors (Lipinski definition) is 7. The van der Waals surface area contributed by atoms with Crippen LogP contribution in [0.15, 0.2) is 47.7 Å². The molecule has 0 bridgehead atoms. The van der Waals surface area contributed by atoms with E-state index in [1.165, 1.54) is 0 Å². The van der Waals surface area contributed by atoms with Gasteiger partial charge in [0.1, 0.15) is 18.1 Å². The zero-order chi connectivity index (χ0) is 20.1. The van der Waals surface area contributed by atoms with Crippen LogP contribution in [-0.2, 0) is 24.2 Å². The van der Waals surface area contributed by atoms with Crippen LogP contribution in [0.25, 0.3) is 11.5 Å². The second-order valence-electron chi connectivity index (χ2n) is 6.88. The normalized spacial score (nSPS) is 13.8. The van der Waals surface area contributed by atoms with Crippen LogP contribution in [0.1, 0.15) is 16.8 Å². The molecule has 4 rings (SSSR count). The summed E-state index contributed by atoms with van der Waals surface area (Å²) in [6.07, 6.45) is 5.44. The molecule has 3 aromatic rings. The van der Waals surface area contributed by atoms with Gasteiger partial charge in [-0.25, -0.2) is 9.97 Å². The third-order valence-corrected chi connectivity index (χ3v) is 4.82. The van der Waals surface area contributed by atoms with Crippen LogP contribution in [0, 0.1) is 0 Å². The van der Waals surface area contributed by atoms with Crippen LogP contribution < -0.4 is 10.3 Å². The fourth-order valence-electron chi connectivity index (χ4n) is 3.41. The van der Waals surface area contributed by atoms with Crippen molar-refractivity contribution in [3.8, 4) is 17.3 Å². The summed E-state index contributed by atoms with van der Waals surface area (Å²) in [7, 11) is 1.66. The number of H-pyrrole nitrogens is 1. The smallest absolute Gasteiger partial charge is 0.254 e. The summed E-state index contributed by atoms with van der Waals surface area (Å²) in [6.45, 7) is 3.25. The van der Waals surface area contributed by atoms with Gasteiger partial charge in [-0.2, -0.15) is 0 Å². The molecule has 29 heavy (non-hydrogen) atoms. The van der Waals surface area contributed by atoms with E-state index in [0.29, 0.717) is 37.7 Å². The predicted molar refractivity (Wildman–Crippen MR) is 108 cm³/mol. The fourth-order valence-corrected chi connectivity index (χ4v) is 3.41. The Labute approximate surface area is 168 Å². The van der Waals surface area contributed by atoms with Gasteiger partial charge < -0.3 is 14.5 Å². The number of benzene rings is 1. The van der Waals surface area contributed by atoms with Gasteiger partial charge in [0.05, 0.1) is 18.5 Å². The average molecular weight is 393 g/mol. The highest BCUT2D eigenvalue weighted by molar-refractivity contribution is 5.47. The van der Waals surface area contributed by atoms with E-state index >= 15 is 0 Å². The maximum absolute atomic E-state index is 12.5. The Morgan fingerprint density at radius 3 is 3.00 bits per heavy atom. The Hall–Kier alpha value is -3.10. The third kappa shape index (κ3) is 4.67. The van der Waals surface area contributed by atoms with Crippen LogP contribution in [0.3, 0.4) is 0 Å². The number of rotatable bonds is 7. The van der Waals surface area contributed by atoms with E-state index in [0.717, 1.165) is 35.7 Å². The molecule has 2 aromatic heterocycles. The summed E-state index contributed by atoms with van der Waals surface area (Å²) >= 11 is 0. The predicted octanol–water partition coefficient (Wildman–Crippen LogP) is 1.81. The molecule has 1 N–H and O–H groups in total. The van der Waals surface area contributed by atoms with Gasteiger partial charge in [-0.05, 0) is 24.1 Å². The van der Waals surface area contributed by atoms with Crippen molar-refractivity contribution in [1.29, 1.82) is 0 Å². The lowest BCUT2D eigenvalue weighted by molar-refractivity contribution is 0.146. The van der Waals surface area contributed by atoms with Gasteiger partial charge in [0.2, 0.25) is 0 Å². The lowest BCUT2D eigenvalue weighted by atomic mass is 10.1. The second kappa shape index (κ2) is 8.93. The Morgan fingerprint density at radius 2 is 2.17 bits per heavy atom. The molecule has 0 saturated carbocycles. The minimum atomic E-state index is -0.0937. The Balaban J connectivity index is 1.49. The van der Waals surface area contributed by atoms with Crippen molar-refractivity contribution < 1.29 is 9.47 Å². The first-order valence-corrected chi connectivity index (χ1v) is 9.54. The van der Waals surface area contributed by atoms with Crippen LogP contribution in [0.2, 0.25) is 0 Å². The number of hydrogen-bond donors (Lipinski definition) is 1. The van der Waals surface area contributed by atoms with E-state index in [-0.39, 0.29) is 5.56 Å². The van der Waals surface area contributed by atoms with Gasteiger partial charge in [0.25, 0.3) is 5.56 Å². The van der Waals surface area contributed by atoms with Crippen molar-refractivity contribution in [2.75, 3.05) is 26.9 Å². The van der Waals surface area contributed by atoms with Crippen LogP contribution in [0.5, 0.6) is 5.75 Å². The van der Waals surface area contributed by atoms with Gasteiger partial charge in [-0.1, -0.05) is 12.1 Å². The fraction of sp³-hybridized carbons (Fsp3) is 0.333. The number of aromatic amines is 1. The molecule has 0 radical (unpaired) electrons. The number of aromatic nitrogens is 4. The van der Waals surface area contributed by atoms with E-state index in [1.807, 2.05) is 18.2 Å². The van der Waals surface area contributed by atoms with E-state index in [4.69, 9.17) is 9.47 Å². The summed E-state index contributed by atoms with van der Waals surface area (Å²) in [6, 6.07) is 8.06. The van der Waals surface area contributed by atoms with Crippen molar-refractivity contribution in [3.05, 3.63) is 70.0 Å². The first kappa shape index (κ1) is 19.2. The van der Waals surface area contributed by atoms with Gasteiger partial charge in [0, 0.05) is 44.7 Å². The molecular formula is C21H23N5O3. The zero-order valence-electron chi connectivity index (χ0n) is 16.3. The number of nitrogens with zero attached hydrogens (tertiary/aromatic N) is 4. The Morgan fingerprint density at radius 1 is 1.24 bits per heavy atom. The molecule has 0 fully saturated rings. The molecule has 0 spiro atoms. The maximum atomic E-state index is 12.5. The molecule has 8 heteroatoms. The van der Waals surface area contributed by atoms with Crippen LogP contribution in [-0.4, -0.2) is 51.7 Å². The molecule has 1 aliphatic heterocycles. The highest BCUT2D eigenvalue weighted by atomic mass is 16.5. The van der Waals surface area contributed by atoms with Gasteiger partial charge in [-0.15, -0.1) is 0 Å². The molecule has 0 atom stereocenters. The molecule has 3 heterocycles. The number of methoxy groups -OCH3 is 1. The van der Waals surface area contributed by atoms with Crippen molar-refractivity contribution in [3.63, 3.8) is 0 Å². The molecular weight excluding hydrogens is 370 g/mol. The third-order valence-electron chi connectivity index (χ3n) is 4.82. The summed E-state index contributed by atoms with van der Waals surface area (Å²) in [5.41, 5.74) is 3.18. The second-order valence-corrected chi connectivity index (χ2v) is 6.88. The van der Waals surface area contributed by atoms with Crippen LogP contribution >= 0.6 is 0 Å². The summed E-state index contributed by atoms with van der Waals surface area (Å²) in [4.78, 5) is 30.6. The Bertz CT molecular complexity index is 1020. The van der Waals surface area contributed by atoms with Gasteiger partial charge in [0.15, 0.2) is 5.82 Å². The molecule has 150 valence electrons. The van der Waals surface area contributed by atoms with Gasteiger partial charge in [-0.3, -0.25) is 14.7 Å². The van der Waals surface area contributed by atoms with E-state index in [9.17, 15) is 4.79 Å². The quantitative estimate of drug-likeness (QED) is 0.612. The topological polar surface area (TPSA) is 93.2 Å². The lowest BCUT2D eigenvalue weighted by Crippen LogP contribution is -2.35. The molecule has 8 nitrogen and oxygen atoms in total. The minimum Gasteiger partial charge on any atom is -0.491 e. The van der Waals surface area contributed by atoms with Crippen molar-refractivity contribution >= 4 is 0 Å². The molecule has 0 aliphatic carbocycles. The monoisotopic (exact) mass is 393 g/mol. The summed E-state index contributed by atoms with van der Waals surface area (Å²) in [5, 5.41) is 0.